The summed E-state index contributed by atoms with van der Waals surface area (Å²) in [6.07, 6.45) is 0. The molecule has 1 unspecified atom stereocenters. The van der Waals surface area contributed by atoms with Crippen LogP contribution in [0.4, 0.5) is 0 Å². The van der Waals surface area contributed by atoms with Crippen molar-refractivity contribution in [2.45, 2.75) is 17.3 Å². The second-order valence-corrected chi connectivity index (χ2v) is 4.91. The molecule has 0 aliphatic rings. The zero-order valence-electron chi connectivity index (χ0n) is 9.18. The molecular weight excluding hydrogens is 222 g/mol. The summed E-state index contributed by atoms with van der Waals surface area (Å²) >= 11 is 1.38. The molecule has 1 atom stereocenters. The lowest BCUT2D eigenvalue weighted by atomic mass is 10.3. The highest BCUT2D eigenvalue weighted by Gasteiger charge is 2.15. The van der Waals surface area contributed by atoms with Gasteiger partial charge in [0.1, 0.15) is 0 Å². The number of imidazole rings is 1. The summed E-state index contributed by atoms with van der Waals surface area (Å²) in [7, 11) is 1.94. The Labute approximate surface area is 97.8 Å². The van der Waals surface area contributed by atoms with Gasteiger partial charge in [0.25, 0.3) is 0 Å². The number of rotatable bonds is 3. The second-order valence-electron chi connectivity index (χ2n) is 3.60. The Morgan fingerprint density at radius 1 is 1.50 bits per heavy atom. The summed E-state index contributed by atoms with van der Waals surface area (Å²) in [6, 6.07) is 7.87. The third-order valence-electron chi connectivity index (χ3n) is 2.43. The second kappa shape index (κ2) is 4.17. The zero-order valence-corrected chi connectivity index (χ0v) is 9.99. The number of para-hydroxylation sites is 2. The summed E-state index contributed by atoms with van der Waals surface area (Å²) < 4.78 is 1.97. The molecule has 0 radical (unpaired) electrons. The fourth-order valence-electron chi connectivity index (χ4n) is 1.45. The number of nitrogens with zero attached hydrogens (tertiary/aromatic N) is 2. The molecule has 0 fully saturated rings. The van der Waals surface area contributed by atoms with Crippen LogP contribution in [0.1, 0.15) is 6.92 Å². The Morgan fingerprint density at radius 2 is 2.19 bits per heavy atom. The van der Waals surface area contributed by atoms with Gasteiger partial charge in [-0.25, -0.2) is 4.98 Å². The number of benzene rings is 1. The van der Waals surface area contributed by atoms with Crippen molar-refractivity contribution in [1.82, 2.24) is 9.55 Å². The summed E-state index contributed by atoms with van der Waals surface area (Å²) in [5, 5.41) is 0.544. The largest absolute Gasteiger partial charge is 0.369 e. The molecule has 0 saturated carbocycles. The normalized spacial score (nSPS) is 12.9. The Kier molecular flexibility index (Phi) is 2.87. The number of fused-ring (bicyclic) bond motifs is 1. The lowest BCUT2D eigenvalue weighted by molar-refractivity contribution is -0.117. The molecule has 84 valence electrons. The van der Waals surface area contributed by atoms with E-state index in [9.17, 15) is 4.79 Å². The predicted molar refractivity (Wildman–Crippen MR) is 65.2 cm³/mol. The highest BCUT2D eigenvalue weighted by molar-refractivity contribution is 8.00. The van der Waals surface area contributed by atoms with E-state index in [1.807, 2.05) is 35.9 Å². The zero-order chi connectivity index (χ0) is 11.7. The fraction of sp³-hybridized carbons (Fsp3) is 0.273. The number of carbonyl (C=O) groups excluding carboxylic acids is 1. The minimum atomic E-state index is -0.322. The molecule has 0 bridgehead atoms. The van der Waals surface area contributed by atoms with Crippen LogP contribution in [0.25, 0.3) is 11.0 Å². The summed E-state index contributed by atoms with van der Waals surface area (Å²) in [6.45, 7) is 1.78. The molecular formula is C11H13N3OS. The predicted octanol–water partition coefficient (Wildman–Crippen LogP) is 1.54. The van der Waals surface area contributed by atoms with E-state index in [1.165, 1.54) is 11.8 Å². The first-order chi connectivity index (χ1) is 7.59. The van der Waals surface area contributed by atoms with Crippen LogP contribution >= 0.6 is 11.8 Å². The Bertz CT molecular complexity index is 535. The first-order valence-corrected chi connectivity index (χ1v) is 5.85. The Hall–Kier alpha value is -1.49. The van der Waals surface area contributed by atoms with Gasteiger partial charge in [0.05, 0.1) is 16.3 Å². The molecule has 2 aromatic rings. The van der Waals surface area contributed by atoms with Crippen LogP contribution < -0.4 is 5.73 Å². The van der Waals surface area contributed by atoms with Gasteiger partial charge in [-0.1, -0.05) is 23.9 Å². The van der Waals surface area contributed by atoms with E-state index in [0.29, 0.717) is 0 Å². The standard InChI is InChI=1S/C11H13N3OS/c1-7(10(12)15)16-11-13-8-5-3-4-6-9(8)14(11)2/h3-7H,1-2H3,(H2,12,15). The van der Waals surface area contributed by atoms with E-state index in [1.54, 1.807) is 6.92 Å². The SMILES string of the molecule is CC(Sc1nc2ccccc2n1C)C(N)=O. The van der Waals surface area contributed by atoms with Crippen LogP contribution in [0.3, 0.4) is 0 Å². The average Bonchev–Trinajstić information content (AvgIpc) is 2.56. The van der Waals surface area contributed by atoms with Crippen molar-refractivity contribution in [1.29, 1.82) is 0 Å². The quantitative estimate of drug-likeness (QED) is 0.821. The van der Waals surface area contributed by atoms with E-state index in [0.717, 1.165) is 16.2 Å². The average molecular weight is 235 g/mol. The molecule has 4 nitrogen and oxygen atoms in total. The highest BCUT2D eigenvalue weighted by Crippen LogP contribution is 2.25. The molecule has 2 rings (SSSR count). The third-order valence-corrected chi connectivity index (χ3v) is 3.59. The van der Waals surface area contributed by atoms with E-state index < -0.39 is 0 Å². The molecule has 5 heteroatoms. The number of nitrogens with two attached hydrogens (primary N) is 1. The summed E-state index contributed by atoms with van der Waals surface area (Å²) in [5.41, 5.74) is 7.22. The maximum Gasteiger partial charge on any atom is 0.230 e. The van der Waals surface area contributed by atoms with Crippen molar-refractivity contribution in [2.75, 3.05) is 0 Å². The van der Waals surface area contributed by atoms with Crippen LogP contribution in [-0.2, 0) is 11.8 Å². The van der Waals surface area contributed by atoms with Gasteiger partial charge in [-0.3, -0.25) is 4.79 Å². The van der Waals surface area contributed by atoms with E-state index in [-0.39, 0.29) is 11.2 Å². The first kappa shape index (κ1) is 11.0. The maximum absolute atomic E-state index is 11.0. The molecule has 0 saturated heterocycles. The molecule has 1 heterocycles. The van der Waals surface area contributed by atoms with Crippen molar-refractivity contribution >= 4 is 28.7 Å². The molecule has 1 aromatic carbocycles. The van der Waals surface area contributed by atoms with Gasteiger partial charge >= 0.3 is 0 Å². The third kappa shape index (κ3) is 1.90. The lowest BCUT2D eigenvalue weighted by Crippen LogP contribution is -2.22. The monoisotopic (exact) mass is 235 g/mol. The topological polar surface area (TPSA) is 60.9 Å². The number of aromatic nitrogens is 2. The molecule has 2 N–H and O–H groups in total. The molecule has 0 spiro atoms. The van der Waals surface area contributed by atoms with Crippen LogP contribution in [0.2, 0.25) is 0 Å². The number of amides is 1. The Balaban J connectivity index is 2.38. The molecule has 16 heavy (non-hydrogen) atoms. The van der Waals surface area contributed by atoms with Crippen LogP contribution in [0, 0.1) is 0 Å². The van der Waals surface area contributed by atoms with Gasteiger partial charge in [-0.15, -0.1) is 0 Å². The van der Waals surface area contributed by atoms with Crippen molar-refractivity contribution in [3.8, 4) is 0 Å². The van der Waals surface area contributed by atoms with Gasteiger partial charge in [0, 0.05) is 7.05 Å². The number of primary amides is 1. The minimum Gasteiger partial charge on any atom is -0.369 e. The molecule has 1 amide bonds. The minimum absolute atomic E-state index is 0.268. The van der Waals surface area contributed by atoms with Crippen LogP contribution in [0.5, 0.6) is 0 Å². The molecule has 0 aliphatic heterocycles. The lowest BCUT2D eigenvalue weighted by Gasteiger charge is -2.06. The number of carbonyl (C=O) groups is 1. The number of hydrogen-bond acceptors (Lipinski definition) is 3. The maximum atomic E-state index is 11.0. The molecule has 0 aliphatic carbocycles. The van der Waals surface area contributed by atoms with Crippen LogP contribution in [0.15, 0.2) is 29.4 Å². The van der Waals surface area contributed by atoms with Gasteiger partial charge in [0.2, 0.25) is 5.91 Å². The van der Waals surface area contributed by atoms with Gasteiger partial charge < -0.3 is 10.3 Å². The number of hydrogen-bond donors (Lipinski definition) is 1. The van der Waals surface area contributed by atoms with Crippen molar-refractivity contribution in [3.05, 3.63) is 24.3 Å². The van der Waals surface area contributed by atoms with Crippen molar-refractivity contribution in [2.24, 2.45) is 12.8 Å². The fourth-order valence-corrected chi connectivity index (χ4v) is 2.28. The van der Waals surface area contributed by atoms with Gasteiger partial charge in [-0.2, -0.15) is 0 Å². The Morgan fingerprint density at radius 3 is 2.81 bits per heavy atom. The van der Waals surface area contributed by atoms with Crippen molar-refractivity contribution in [3.63, 3.8) is 0 Å². The van der Waals surface area contributed by atoms with Crippen molar-refractivity contribution < 1.29 is 4.79 Å². The first-order valence-electron chi connectivity index (χ1n) is 4.97. The smallest absolute Gasteiger partial charge is 0.230 e. The van der Waals surface area contributed by atoms with E-state index >= 15 is 0 Å². The summed E-state index contributed by atoms with van der Waals surface area (Å²) in [5.74, 6) is -0.322. The van der Waals surface area contributed by atoms with E-state index in [4.69, 9.17) is 5.73 Å². The van der Waals surface area contributed by atoms with Crippen LogP contribution in [-0.4, -0.2) is 20.7 Å². The number of thioether (sulfide) groups is 1. The van der Waals surface area contributed by atoms with Gasteiger partial charge in [0.15, 0.2) is 5.16 Å². The molecule has 1 aromatic heterocycles. The van der Waals surface area contributed by atoms with Gasteiger partial charge in [-0.05, 0) is 19.1 Å². The van der Waals surface area contributed by atoms with E-state index in [2.05, 4.69) is 4.98 Å². The summed E-state index contributed by atoms with van der Waals surface area (Å²) in [4.78, 5) is 15.4. The highest BCUT2D eigenvalue weighted by atomic mass is 32.2. The number of aryl methyl sites for hydroxylation is 1.